The van der Waals surface area contributed by atoms with E-state index < -0.39 is 0 Å². The molecule has 96 valence electrons. The predicted molar refractivity (Wildman–Crippen MR) is 69.0 cm³/mol. The quantitative estimate of drug-likeness (QED) is 0.812. The zero-order valence-corrected chi connectivity index (χ0v) is 11.0. The minimum Gasteiger partial charge on any atom is -0.440 e. The number of benzene rings is 1. The van der Waals surface area contributed by atoms with E-state index in [-0.39, 0.29) is 5.82 Å². The van der Waals surface area contributed by atoms with Crippen LogP contribution in [-0.4, -0.2) is 11.5 Å². The topological polar surface area (TPSA) is 38.1 Å². The normalized spacial score (nSPS) is 10.8. The standard InChI is InChI=1S/C13H15FN2OS/c1-2-6-15-9-10-11(14)4-3-5-12(10)18-13-16-7-8-17-13/h3-5,7-8,15H,2,6,9H2,1H3. The average Bonchev–Trinajstić information content (AvgIpc) is 2.86. The summed E-state index contributed by atoms with van der Waals surface area (Å²) in [6.07, 6.45) is 4.12. The van der Waals surface area contributed by atoms with E-state index in [1.54, 1.807) is 12.3 Å². The van der Waals surface area contributed by atoms with E-state index in [4.69, 9.17) is 4.42 Å². The molecule has 0 spiro atoms. The molecule has 0 saturated carbocycles. The first kappa shape index (κ1) is 13.1. The monoisotopic (exact) mass is 266 g/mol. The Kier molecular flexibility index (Phi) is 4.78. The van der Waals surface area contributed by atoms with E-state index in [0.717, 1.165) is 17.9 Å². The molecule has 18 heavy (non-hydrogen) atoms. The summed E-state index contributed by atoms with van der Waals surface area (Å²) in [6, 6.07) is 5.05. The van der Waals surface area contributed by atoms with Gasteiger partial charge < -0.3 is 9.73 Å². The van der Waals surface area contributed by atoms with Gasteiger partial charge in [-0.3, -0.25) is 0 Å². The summed E-state index contributed by atoms with van der Waals surface area (Å²) in [5.41, 5.74) is 0.661. The van der Waals surface area contributed by atoms with E-state index in [0.29, 0.717) is 17.3 Å². The number of oxazole rings is 1. The molecule has 0 amide bonds. The highest BCUT2D eigenvalue weighted by atomic mass is 32.2. The lowest BCUT2D eigenvalue weighted by molar-refractivity contribution is 0.454. The van der Waals surface area contributed by atoms with Crippen LogP contribution in [0.25, 0.3) is 0 Å². The summed E-state index contributed by atoms with van der Waals surface area (Å²) >= 11 is 1.34. The van der Waals surface area contributed by atoms with Gasteiger partial charge in [-0.25, -0.2) is 9.37 Å². The number of halogens is 1. The summed E-state index contributed by atoms with van der Waals surface area (Å²) in [6.45, 7) is 3.47. The molecule has 1 aromatic heterocycles. The van der Waals surface area contributed by atoms with Gasteiger partial charge in [0.05, 0.1) is 6.20 Å². The van der Waals surface area contributed by atoms with E-state index >= 15 is 0 Å². The van der Waals surface area contributed by atoms with Gasteiger partial charge in [0.1, 0.15) is 12.1 Å². The highest BCUT2D eigenvalue weighted by molar-refractivity contribution is 7.99. The molecule has 0 atom stereocenters. The van der Waals surface area contributed by atoms with Crippen molar-refractivity contribution in [1.82, 2.24) is 10.3 Å². The Balaban J connectivity index is 2.15. The fourth-order valence-electron chi connectivity index (χ4n) is 1.55. The van der Waals surface area contributed by atoms with Gasteiger partial charge in [-0.05, 0) is 36.9 Å². The molecule has 5 heteroatoms. The van der Waals surface area contributed by atoms with Gasteiger partial charge in [0.15, 0.2) is 0 Å². The molecule has 0 bridgehead atoms. The summed E-state index contributed by atoms with van der Waals surface area (Å²) in [7, 11) is 0. The molecule has 0 saturated heterocycles. The van der Waals surface area contributed by atoms with Crippen molar-refractivity contribution >= 4 is 11.8 Å². The molecule has 1 N–H and O–H groups in total. The first-order chi connectivity index (χ1) is 8.81. The Morgan fingerprint density at radius 2 is 2.33 bits per heavy atom. The number of hydrogen-bond acceptors (Lipinski definition) is 4. The zero-order chi connectivity index (χ0) is 12.8. The van der Waals surface area contributed by atoms with Gasteiger partial charge >= 0.3 is 0 Å². The Bertz CT molecular complexity index is 488. The van der Waals surface area contributed by atoms with Gasteiger partial charge in [0.25, 0.3) is 5.22 Å². The maximum absolute atomic E-state index is 13.8. The lowest BCUT2D eigenvalue weighted by Gasteiger charge is -2.09. The molecule has 0 aliphatic carbocycles. The van der Waals surface area contributed by atoms with Crippen LogP contribution in [0, 0.1) is 5.82 Å². The third-order valence-corrected chi connectivity index (χ3v) is 3.39. The molecule has 1 heterocycles. The van der Waals surface area contributed by atoms with Crippen molar-refractivity contribution < 1.29 is 8.81 Å². The Morgan fingerprint density at radius 3 is 3.06 bits per heavy atom. The van der Waals surface area contributed by atoms with Crippen LogP contribution in [0.4, 0.5) is 4.39 Å². The second-order valence-electron chi connectivity index (χ2n) is 3.79. The van der Waals surface area contributed by atoms with Crippen molar-refractivity contribution in [3.05, 3.63) is 42.0 Å². The van der Waals surface area contributed by atoms with Crippen LogP contribution in [0.2, 0.25) is 0 Å². The van der Waals surface area contributed by atoms with Crippen LogP contribution in [0.15, 0.2) is 45.2 Å². The molecule has 1 aromatic carbocycles. The first-order valence-corrected chi connectivity index (χ1v) is 6.68. The first-order valence-electron chi connectivity index (χ1n) is 5.86. The maximum atomic E-state index is 13.8. The smallest absolute Gasteiger partial charge is 0.260 e. The van der Waals surface area contributed by atoms with Crippen LogP contribution < -0.4 is 5.32 Å². The van der Waals surface area contributed by atoms with Crippen LogP contribution in [0.3, 0.4) is 0 Å². The van der Waals surface area contributed by atoms with Crippen LogP contribution in [0.1, 0.15) is 18.9 Å². The summed E-state index contributed by atoms with van der Waals surface area (Å²) in [5.74, 6) is -0.199. The fraction of sp³-hybridized carbons (Fsp3) is 0.308. The zero-order valence-electron chi connectivity index (χ0n) is 10.1. The molecule has 0 aliphatic rings. The Labute approximate surface area is 110 Å². The van der Waals surface area contributed by atoms with Gasteiger partial charge in [-0.2, -0.15) is 0 Å². The van der Waals surface area contributed by atoms with Gasteiger partial charge in [-0.15, -0.1) is 0 Å². The molecule has 0 radical (unpaired) electrons. The SMILES string of the molecule is CCCNCc1c(F)cccc1Sc1ncco1. The van der Waals surface area contributed by atoms with Crippen molar-refractivity contribution in [1.29, 1.82) is 0 Å². The third-order valence-electron chi connectivity index (χ3n) is 2.41. The van der Waals surface area contributed by atoms with Crippen molar-refractivity contribution in [3.8, 4) is 0 Å². The second kappa shape index (κ2) is 6.56. The largest absolute Gasteiger partial charge is 0.440 e. The fourth-order valence-corrected chi connectivity index (χ4v) is 2.40. The van der Waals surface area contributed by atoms with Gasteiger partial charge in [0, 0.05) is 17.0 Å². The van der Waals surface area contributed by atoms with Crippen LogP contribution >= 0.6 is 11.8 Å². The number of aromatic nitrogens is 1. The minimum absolute atomic E-state index is 0.199. The van der Waals surface area contributed by atoms with E-state index in [9.17, 15) is 4.39 Å². The maximum Gasteiger partial charge on any atom is 0.260 e. The lowest BCUT2D eigenvalue weighted by atomic mass is 10.2. The van der Waals surface area contributed by atoms with Crippen LogP contribution in [-0.2, 0) is 6.54 Å². The highest BCUT2D eigenvalue weighted by Crippen LogP contribution is 2.30. The van der Waals surface area contributed by atoms with Crippen molar-refractivity contribution in [3.63, 3.8) is 0 Å². The highest BCUT2D eigenvalue weighted by Gasteiger charge is 2.11. The minimum atomic E-state index is -0.199. The summed E-state index contributed by atoms with van der Waals surface area (Å²) in [4.78, 5) is 4.87. The predicted octanol–water partition coefficient (Wildman–Crippen LogP) is 3.46. The number of hydrogen-bond donors (Lipinski definition) is 1. The van der Waals surface area contributed by atoms with E-state index in [2.05, 4.69) is 17.2 Å². The molecule has 2 rings (SSSR count). The van der Waals surface area contributed by atoms with E-state index in [1.165, 1.54) is 24.1 Å². The molecule has 0 unspecified atom stereocenters. The molecule has 3 nitrogen and oxygen atoms in total. The lowest BCUT2D eigenvalue weighted by Crippen LogP contribution is -2.15. The molecular formula is C13H15FN2OS. The Hall–Kier alpha value is -1.33. The molecule has 0 aliphatic heterocycles. The number of nitrogens with zero attached hydrogens (tertiary/aromatic N) is 1. The van der Waals surface area contributed by atoms with Crippen molar-refractivity contribution in [2.75, 3.05) is 6.54 Å². The van der Waals surface area contributed by atoms with Crippen molar-refractivity contribution in [2.24, 2.45) is 0 Å². The van der Waals surface area contributed by atoms with Gasteiger partial charge in [-0.1, -0.05) is 13.0 Å². The number of nitrogens with one attached hydrogen (secondary N) is 1. The summed E-state index contributed by atoms with van der Waals surface area (Å²) in [5, 5.41) is 3.73. The molecule has 0 fully saturated rings. The van der Waals surface area contributed by atoms with Crippen LogP contribution in [0.5, 0.6) is 0 Å². The third kappa shape index (κ3) is 3.34. The van der Waals surface area contributed by atoms with E-state index in [1.807, 2.05) is 6.07 Å². The van der Waals surface area contributed by atoms with Crippen molar-refractivity contribution in [2.45, 2.75) is 30.0 Å². The Morgan fingerprint density at radius 1 is 1.44 bits per heavy atom. The summed E-state index contributed by atoms with van der Waals surface area (Å²) < 4.78 is 19.0. The molecule has 2 aromatic rings. The number of rotatable bonds is 6. The van der Waals surface area contributed by atoms with Gasteiger partial charge in [0.2, 0.25) is 0 Å². The average molecular weight is 266 g/mol. The molecular weight excluding hydrogens is 251 g/mol. The second-order valence-corrected chi connectivity index (χ2v) is 4.79.